The second-order valence-electron chi connectivity index (χ2n) is 2.23. The molecule has 0 unspecified atom stereocenters. The first-order valence-electron chi connectivity index (χ1n) is 2.97. The smallest absolute Gasteiger partial charge is 0.152 e. The third-order valence-corrected chi connectivity index (χ3v) is 1.48. The summed E-state index contributed by atoms with van der Waals surface area (Å²) in [7, 11) is 0. The third-order valence-electron chi connectivity index (χ3n) is 1.48. The molecule has 11 heavy (non-hydrogen) atoms. The number of benzene rings is 1. The van der Waals surface area contributed by atoms with E-state index in [9.17, 15) is 8.78 Å². The summed E-state index contributed by atoms with van der Waals surface area (Å²) in [5.41, 5.74) is 4.61. The van der Waals surface area contributed by atoms with Crippen molar-refractivity contribution >= 4 is 5.69 Å². The molecule has 0 atom stereocenters. The number of rotatable bonds is 0. The van der Waals surface area contributed by atoms with Gasteiger partial charge >= 0.3 is 0 Å². The van der Waals surface area contributed by atoms with Gasteiger partial charge in [-0.3, -0.25) is 0 Å². The third kappa shape index (κ3) is 1.11. The monoisotopic (exact) mass is 159 g/mol. The minimum atomic E-state index is -0.939. The lowest BCUT2D eigenvalue weighted by molar-refractivity contribution is 0.458. The molecule has 0 spiro atoms. The molecule has 0 bridgehead atoms. The molecule has 0 aliphatic carbocycles. The number of hydrogen-bond donors (Lipinski definition) is 2. The van der Waals surface area contributed by atoms with E-state index >= 15 is 0 Å². The Hall–Kier alpha value is -1.32. The number of nitrogens with two attached hydrogens (primary N) is 1. The molecule has 0 heterocycles. The van der Waals surface area contributed by atoms with Crippen molar-refractivity contribution in [3.8, 4) is 5.75 Å². The van der Waals surface area contributed by atoms with Gasteiger partial charge in [0.2, 0.25) is 0 Å². The molecular formula is C7H7F2NO. The number of halogens is 2. The summed E-state index contributed by atoms with van der Waals surface area (Å²) < 4.78 is 25.1. The van der Waals surface area contributed by atoms with Crippen LogP contribution in [0.1, 0.15) is 5.56 Å². The maximum atomic E-state index is 12.6. The van der Waals surface area contributed by atoms with Gasteiger partial charge in [0.05, 0.1) is 0 Å². The number of aromatic hydroxyl groups is 1. The molecule has 1 aromatic carbocycles. The second-order valence-corrected chi connectivity index (χ2v) is 2.23. The SMILES string of the molecule is Cc1c(F)cc(F)c(N)c1O. The zero-order valence-electron chi connectivity index (χ0n) is 5.86. The molecule has 60 valence electrons. The van der Waals surface area contributed by atoms with Gasteiger partial charge in [0.25, 0.3) is 0 Å². The van der Waals surface area contributed by atoms with Gasteiger partial charge in [-0.15, -0.1) is 0 Å². The molecule has 0 aliphatic heterocycles. The zero-order chi connectivity index (χ0) is 8.59. The van der Waals surface area contributed by atoms with Crippen molar-refractivity contribution in [1.82, 2.24) is 0 Å². The van der Waals surface area contributed by atoms with Gasteiger partial charge in [-0.1, -0.05) is 0 Å². The highest BCUT2D eigenvalue weighted by atomic mass is 19.1. The second kappa shape index (κ2) is 2.38. The molecule has 0 aliphatic rings. The number of nitrogen functional groups attached to an aromatic ring is 1. The van der Waals surface area contributed by atoms with Crippen LogP contribution in [0, 0.1) is 18.6 Å². The van der Waals surface area contributed by atoms with Crippen molar-refractivity contribution in [2.24, 2.45) is 0 Å². The highest BCUT2D eigenvalue weighted by Gasteiger charge is 2.11. The summed E-state index contributed by atoms with van der Waals surface area (Å²) in [5.74, 6) is -2.26. The fourth-order valence-electron chi connectivity index (χ4n) is 0.725. The fraction of sp³-hybridized carbons (Fsp3) is 0.143. The Morgan fingerprint density at radius 2 is 1.91 bits per heavy atom. The van der Waals surface area contributed by atoms with Crippen molar-refractivity contribution in [3.05, 3.63) is 23.3 Å². The Bertz CT molecular complexity index is 273. The Labute approximate surface area is 62.3 Å². The Morgan fingerprint density at radius 3 is 2.45 bits per heavy atom. The van der Waals surface area contributed by atoms with Crippen LogP contribution in [0.25, 0.3) is 0 Å². The van der Waals surface area contributed by atoms with Crippen LogP contribution in [0.5, 0.6) is 5.75 Å². The standard InChI is InChI=1S/C7H7F2NO/c1-3-4(8)2-5(9)6(10)7(3)11/h2,11H,10H2,1H3. The Morgan fingerprint density at radius 1 is 1.36 bits per heavy atom. The van der Waals surface area contributed by atoms with Crippen molar-refractivity contribution in [2.75, 3.05) is 5.73 Å². The first-order valence-corrected chi connectivity index (χ1v) is 2.97. The van der Waals surface area contributed by atoms with E-state index in [1.807, 2.05) is 0 Å². The van der Waals surface area contributed by atoms with Crippen molar-refractivity contribution < 1.29 is 13.9 Å². The van der Waals surface area contributed by atoms with Gasteiger partial charge in [-0.05, 0) is 6.92 Å². The first-order chi connectivity index (χ1) is 5.04. The van der Waals surface area contributed by atoms with Gasteiger partial charge in [-0.2, -0.15) is 0 Å². The molecule has 2 nitrogen and oxygen atoms in total. The summed E-state index contributed by atoms with van der Waals surface area (Å²) in [5, 5.41) is 8.96. The van der Waals surface area contributed by atoms with E-state index in [0.717, 1.165) is 0 Å². The highest BCUT2D eigenvalue weighted by molar-refractivity contribution is 5.56. The summed E-state index contributed by atoms with van der Waals surface area (Å²) in [6, 6.07) is 0.643. The molecule has 0 saturated carbocycles. The number of phenols is 1. The van der Waals surface area contributed by atoms with Crippen LogP contribution in [-0.4, -0.2) is 5.11 Å². The van der Waals surface area contributed by atoms with E-state index in [2.05, 4.69) is 0 Å². The molecule has 0 saturated heterocycles. The fourth-order valence-corrected chi connectivity index (χ4v) is 0.725. The van der Waals surface area contributed by atoms with Crippen molar-refractivity contribution in [1.29, 1.82) is 0 Å². The van der Waals surface area contributed by atoms with E-state index in [4.69, 9.17) is 10.8 Å². The normalized spacial score (nSPS) is 10.1. The number of anilines is 1. The lowest BCUT2D eigenvalue weighted by Gasteiger charge is -2.03. The maximum absolute atomic E-state index is 12.6. The molecule has 0 amide bonds. The molecule has 4 heteroatoms. The average Bonchev–Trinajstić information content (AvgIpc) is 1.97. The summed E-state index contributed by atoms with van der Waals surface area (Å²) in [6.45, 7) is 1.32. The molecule has 0 fully saturated rings. The van der Waals surface area contributed by atoms with Crippen LogP contribution in [0.4, 0.5) is 14.5 Å². The van der Waals surface area contributed by atoms with Crippen LogP contribution >= 0.6 is 0 Å². The zero-order valence-corrected chi connectivity index (χ0v) is 5.86. The topological polar surface area (TPSA) is 46.2 Å². The van der Waals surface area contributed by atoms with Gasteiger partial charge in [0.1, 0.15) is 17.3 Å². The summed E-state index contributed by atoms with van der Waals surface area (Å²) in [6.07, 6.45) is 0. The minimum Gasteiger partial charge on any atom is -0.505 e. The molecule has 1 aromatic rings. The van der Waals surface area contributed by atoms with E-state index in [-0.39, 0.29) is 5.56 Å². The van der Waals surface area contributed by atoms with Crippen molar-refractivity contribution in [2.45, 2.75) is 6.92 Å². The molecule has 0 aromatic heterocycles. The molecular weight excluding hydrogens is 152 g/mol. The van der Waals surface area contributed by atoms with Gasteiger partial charge in [0.15, 0.2) is 5.82 Å². The lowest BCUT2D eigenvalue weighted by Crippen LogP contribution is -1.95. The molecule has 1 rings (SSSR count). The minimum absolute atomic E-state index is 0.0381. The highest BCUT2D eigenvalue weighted by Crippen LogP contribution is 2.28. The largest absolute Gasteiger partial charge is 0.505 e. The van der Waals surface area contributed by atoms with Crippen LogP contribution in [0.2, 0.25) is 0 Å². The first kappa shape index (κ1) is 7.78. The van der Waals surface area contributed by atoms with Crippen molar-refractivity contribution in [3.63, 3.8) is 0 Å². The maximum Gasteiger partial charge on any atom is 0.152 e. The van der Waals surface area contributed by atoms with Crippen LogP contribution < -0.4 is 5.73 Å². The van der Waals surface area contributed by atoms with E-state index in [0.29, 0.717) is 6.07 Å². The molecule has 3 N–H and O–H groups in total. The van der Waals surface area contributed by atoms with Crippen LogP contribution in [0.15, 0.2) is 6.07 Å². The number of hydrogen-bond acceptors (Lipinski definition) is 2. The lowest BCUT2D eigenvalue weighted by atomic mass is 10.2. The van der Waals surface area contributed by atoms with E-state index < -0.39 is 23.1 Å². The van der Waals surface area contributed by atoms with Crippen LogP contribution in [0.3, 0.4) is 0 Å². The molecule has 0 radical (unpaired) electrons. The van der Waals surface area contributed by atoms with Gasteiger partial charge < -0.3 is 10.8 Å². The van der Waals surface area contributed by atoms with Gasteiger partial charge in [0, 0.05) is 11.6 Å². The summed E-state index contributed by atoms with van der Waals surface area (Å²) in [4.78, 5) is 0. The van der Waals surface area contributed by atoms with E-state index in [1.54, 1.807) is 0 Å². The summed E-state index contributed by atoms with van der Waals surface area (Å²) >= 11 is 0. The number of phenolic OH excluding ortho intramolecular Hbond substituents is 1. The predicted molar refractivity (Wildman–Crippen MR) is 37.2 cm³/mol. The van der Waals surface area contributed by atoms with Crippen LogP contribution in [-0.2, 0) is 0 Å². The Kier molecular flexibility index (Phi) is 1.68. The van der Waals surface area contributed by atoms with E-state index in [1.165, 1.54) is 6.92 Å². The average molecular weight is 159 g/mol. The quantitative estimate of drug-likeness (QED) is 0.445. The predicted octanol–water partition coefficient (Wildman–Crippen LogP) is 1.56. The Balaban J connectivity index is 3.46. The van der Waals surface area contributed by atoms with Gasteiger partial charge in [-0.25, -0.2) is 8.78 Å².